The van der Waals surface area contributed by atoms with Crippen molar-refractivity contribution in [3.63, 3.8) is 0 Å². The van der Waals surface area contributed by atoms with Gasteiger partial charge in [0.25, 0.3) is 5.91 Å². The van der Waals surface area contributed by atoms with Gasteiger partial charge >= 0.3 is 0 Å². The molecule has 1 aromatic carbocycles. The fourth-order valence-electron chi connectivity index (χ4n) is 4.94. The van der Waals surface area contributed by atoms with Crippen LogP contribution in [0, 0.1) is 0 Å². The molecule has 2 fully saturated rings. The van der Waals surface area contributed by atoms with E-state index in [9.17, 15) is 14.4 Å². The van der Waals surface area contributed by atoms with Gasteiger partial charge in [-0.25, -0.2) is 0 Å². The summed E-state index contributed by atoms with van der Waals surface area (Å²) < 4.78 is 0. The molecule has 0 saturated carbocycles. The molecule has 0 aromatic heterocycles. The summed E-state index contributed by atoms with van der Waals surface area (Å²) in [5, 5.41) is 2.99. The van der Waals surface area contributed by atoms with Crippen LogP contribution >= 0.6 is 0 Å². The number of anilines is 2. The number of nitrogens with zero attached hydrogens (tertiary/aromatic N) is 5. The molecule has 0 radical (unpaired) electrons. The zero-order valence-electron chi connectivity index (χ0n) is 20.0. The first-order chi connectivity index (χ1) is 15.8. The summed E-state index contributed by atoms with van der Waals surface area (Å²) in [6.45, 7) is 6.25. The van der Waals surface area contributed by atoms with Gasteiger partial charge in [0, 0.05) is 65.5 Å². The van der Waals surface area contributed by atoms with Gasteiger partial charge < -0.3 is 20.0 Å². The van der Waals surface area contributed by atoms with Gasteiger partial charge in [-0.1, -0.05) is 0 Å². The first-order valence-electron chi connectivity index (χ1n) is 12.0. The molecule has 1 aromatic rings. The summed E-state index contributed by atoms with van der Waals surface area (Å²) >= 11 is 0. The topological polar surface area (TPSA) is 79.4 Å². The van der Waals surface area contributed by atoms with E-state index >= 15 is 0 Å². The van der Waals surface area contributed by atoms with E-state index in [-0.39, 0.29) is 30.3 Å². The van der Waals surface area contributed by atoms with Crippen LogP contribution in [0.2, 0.25) is 0 Å². The molecule has 2 saturated heterocycles. The van der Waals surface area contributed by atoms with Crippen LogP contribution in [0.1, 0.15) is 29.6 Å². The number of carbonyl (C=O) groups excluding carboxylic acids is 3. The van der Waals surface area contributed by atoms with Crippen molar-refractivity contribution in [2.45, 2.75) is 25.3 Å². The molecule has 0 aliphatic carbocycles. The zero-order valence-corrected chi connectivity index (χ0v) is 20.0. The summed E-state index contributed by atoms with van der Waals surface area (Å²) in [6, 6.07) is 5.27. The predicted octanol–water partition coefficient (Wildman–Crippen LogP) is 0.458. The number of hydrogen-bond donors (Lipinski definition) is 1. The van der Waals surface area contributed by atoms with E-state index in [1.54, 1.807) is 25.1 Å². The zero-order chi connectivity index (χ0) is 23.5. The quantitative estimate of drug-likeness (QED) is 0.670. The molecule has 180 valence electrons. The Balaban J connectivity index is 1.48. The molecule has 33 heavy (non-hydrogen) atoms. The molecule has 9 heteroatoms. The van der Waals surface area contributed by atoms with Crippen molar-refractivity contribution in [1.29, 1.82) is 0 Å². The largest absolute Gasteiger partial charge is 0.358 e. The van der Waals surface area contributed by atoms with E-state index < -0.39 is 0 Å². The monoisotopic (exact) mass is 456 g/mol. The molecular formula is C24H36N6O3. The van der Waals surface area contributed by atoms with Gasteiger partial charge in [-0.15, -0.1) is 0 Å². The van der Waals surface area contributed by atoms with Crippen molar-refractivity contribution in [2.75, 3.05) is 83.3 Å². The number of benzene rings is 1. The third-order valence-electron chi connectivity index (χ3n) is 6.93. The van der Waals surface area contributed by atoms with Crippen LogP contribution in [-0.2, 0) is 9.59 Å². The van der Waals surface area contributed by atoms with Crippen LogP contribution in [0.15, 0.2) is 18.2 Å². The molecule has 0 bridgehead atoms. The number of amides is 3. The van der Waals surface area contributed by atoms with Gasteiger partial charge in [0.15, 0.2) is 0 Å². The van der Waals surface area contributed by atoms with E-state index in [0.717, 1.165) is 64.2 Å². The van der Waals surface area contributed by atoms with E-state index in [4.69, 9.17) is 0 Å². The first-order valence-corrected chi connectivity index (χ1v) is 12.0. The SMILES string of the molecule is CN1CCN(CCNC(=O)CN2C(=O)[C@@H]3CCCCN3c3ccc(C(=O)N(C)C)cc32)CC1. The number of piperazine rings is 1. The molecule has 0 unspecified atom stereocenters. The fraction of sp³-hybridized carbons (Fsp3) is 0.625. The minimum absolute atomic E-state index is 0.0292. The summed E-state index contributed by atoms with van der Waals surface area (Å²) in [7, 11) is 5.54. The molecule has 3 amide bonds. The van der Waals surface area contributed by atoms with E-state index in [1.807, 2.05) is 12.1 Å². The normalized spacial score (nSPS) is 21.4. The van der Waals surface area contributed by atoms with Crippen molar-refractivity contribution in [1.82, 2.24) is 20.0 Å². The Bertz CT molecular complexity index is 896. The smallest absolute Gasteiger partial charge is 0.253 e. The van der Waals surface area contributed by atoms with Crippen molar-refractivity contribution in [2.24, 2.45) is 0 Å². The summed E-state index contributed by atoms with van der Waals surface area (Å²) in [5.74, 6) is -0.342. The molecular weight excluding hydrogens is 420 g/mol. The Morgan fingerprint density at radius 2 is 1.82 bits per heavy atom. The molecule has 3 heterocycles. The van der Waals surface area contributed by atoms with Crippen molar-refractivity contribution in [3.8, 4) is 0 Å². The van der Waals surface area contributed by atoms with E-state index in [2.05, 4.69) is 27.1 Å². The number of fused-ring (bicyclic) bond motifs is 3. The highest BCUT2D eigenvalue weighted by Crippen LogP contribution is 2.40. The third kappa shape index (κ3) is 5.14. The molecule has 0 spiro atoms. The standard InChI is InChI=1S/C24H36N6O3/c1-26(2)23(32)18-7-8-19-21(16-18)30(24(33)20-6-4-5-10-29(19)20)17-22(31)25-9-11-28-14-12-27(3)13-15-28/h7-8,16,20H,4-6,9-15,17H2,1-3H3,(H,25,31)/t20-/m0/s1. The second kappa shape index (κ2) is 10.1. The highest BCUT2D eigenvalue weighted by molar-refractivity contribution is 6.09. The van der Waals surface area contributed by atoms with Gasteiger partial charge in [0.2, 0.25) is 11.8 Å². The van der Waals surface area contributed by atoms with Gasteiger partial charge in [-0.2, -0.15) is 0 Å². The van der Waals surface area contributed by atoms with Crippen LogP contribution in [0.5, 0.6) is 0 Å². The lowest BCUT2D eigenvalue weighted by molar-refractivity contribution is -0.125. The maximum absolute atomic E-state index is 13.4. The van der Waals surface area contributed by atoms with Gasteiger partial charge in [-0.3, -0.25) is 24.2 Å². The van der Waals surface area contributed by atoms with Crippen LogP contribution in [0.25, 0.3) is 0 Å². The van der Waals surface area contributed by atoms with Gasteiger partial charge in [0.1, 0.15) is 12.6 Å². The second-order valence-corrected chi connectivity index (χ2v) is 9.53. The summed E-state index contributed by atoms with van der Waals surface area (Å²) in [4.78, 5) is 48.7. The number of piperidine rings is 1. The molecule has 9 nitrogen and oxygen atoms in total. The highest BCUT2D eigenvalue weighted by Gasteiger charge is 2.40. The van der Waals surface area contributed by atoms with Gasteiger partial charge in [-0.05, 0) is 44.5 Å². The lowest BCUT2D eigenvalue weighted by Gasteiger charge is -2.45. The molecule has 3 aliphatic heterocycles. The lowest BCUT2D eigenvalue weighted by atomic mass is 9.95. The van der Waals surface area contributed by atoms with Crippen LogP contribution in [0.4, 0.5) is 11.4 Å². The maximum Gasteiger partial charge on any atom is 0.253 e. The second-order valence-electron chi connectivity index (χ2n) is 9.53. The molecule has 4 rings (SSSR count). The van der Waals surface area contributed by atoms with Crippen molar-refractivity contribution in [3.05, 3.63) is 23.8 Å². The minimum atomic E-state index is -0.236. The third-order valence-corrected chi connectivity index (χ3v) is 6.93. The first kappa shape index (κ1) is 23.5. The number of nitrogens with one attached hydrogen (secondary N) is 1. The van der Waals surface area contributed by atoms with Crippen LogP contribution in [-0.4, -0.2) is 112 Å². The van der Waals surface area contributed by atoms with Crippen molar-refractivity contribution >= 4 is 29.1 Å². The highest BCUT2D eigenvalue weighted by atomic mass is 16.2. The Morgan fingerprint density at radius 1 is 1.06 bits per heavy atom. The number of rotatable bonds is 6. The fourth-order valence-corrected chi connectivity index (χ4v) is 4.94. The average Bonchev–Trinajstić information content (AvgIpc) is 2.82. The minimum Gasteiger partial charge on any atom is -0.358 e. The van der Waals surface area contributed by atoms with Gasteiger partial charge in [0.05, 0.1) is 11.4 Å². The summed E-state index contributed by atoms with van der Waals surface area (Å²) in [6.07, 6.45) is 2.83. The Hall–Kier alpha value is -2.65. The lowest BCUT2D eigenvalue weighted by Crippen LogP contribution is -2.57. The van der Waals surface area contributed by atoms with Crippen LogP contribution < -0.4 is 15.1 Å². The number of likely N-dealkylation sites (N-methyl/N-ethyl adjacent to an activating group) is 1. The maximum atomic E-state index is 13.4. The van der Waals surface area contributed by atoms with Crippen LogP contribution in [0.3, 0.4) is 0 Å². The Kier molecular flexibility index (Phi) is 7.19. The summed E-state index contributed by atoms with van der Waals surface area (Å²) in [5.41, 5.74) is 2.10. The van der Waals surface area contributed by atoms with E-state index in [1.165, 1.54) is 4.90 Å². The molecule has 1 atom stereocenters. The average molecular weight is 457 g/mol. The number of carbonyl (C=O) groups is 3. The van der Waals surface area contributed by atoms with E-state index in [0.29, 0.717) is 17.8 Å². The van der Waals surface area contributed by atoms with Crippen molar-refractivity contribution < 1.29 is 14.4 Å². The number of hydrogen-bond acceptors (Lipinski definition) is 6. The molecule has 1 N–H and O–H groups in total. The Morgan fingerprint density at radius 3 is 2.55 bits per heavy atom. The predicted molar refractivity (Wildman–Crippen MR) is 129 cm³/mol. The molecule has 3 aliphatic rings. The Labute approximate surface area is 196 Å².